The number of alkyl halides is 3. The van der Waals surface area contributed by atoms with Gasteiger partial charge in [-0.25, -0.2) is 9.07 Å². The van der Waals surface area contributed by atoms with E-state index in [1.54, 1.807) is 12.1 Å². The highest BCUT2D eigenvalue weighted by molar-refractivity contribution is 6.07. The van der Waals surface area contributed by atoms with Gasteiger partial charge in [0.05, 0.1) is 47.6 Å². The Bertz CT molecular complexity index is 1520. The summed E-state index contributed by atoms with van der Waals surface area (Å²) in [5.74, 6) is -4.19. The number of aromatic hydroxyl groups is 1. The van der Waals surface area contributed by atoms with Crippen LogP contribution in [0.2, 0.25) is 0 Å². The maximum absolute atomic E-state index is 13.8. The Morgan fingerprint density at radius 2 is 1.76 bits per heavy atom. The van der Waals surface area contributed by atoms with Crippen LogP contribution in [0.5, 0.6) is 5.75 Å². The molecule has 45 heavy (non-hydrogen) atoms. The first kappa shape index (κ1) is 32.1. The van der Waals surface area contributed by atoms with Crippen LogP contribution in [-0.2, 0) is 10.9 Å². The van der Waals surface area contributed by atoms with Crippen LogP contribution in [0.15, 0.2) is 36.5 Å². The highest BCUT2D eigenvalue weighted by Gasteiger charge is 2.37. The number of morpholine rings is 1. The average molecular weight is 635 g/mol. The minimum absolute atomic E-state index is 0.0618. The number of carbonyl (C=O) groups excluding carboxylic acids is 2. The Hall–Kier alpha value is -4.28. The molecule has 0 bridgehead atoms. The number of piperazine rings is 1. The molecular formula is C29H34F4N8O4. The molecule has 0 saturated carbocycles. The number of anilines is 2. The third-order valence-electron chi connectivity index (χ3n) is 7.74. The fourth-order valence-corrected chi connectivity index (χ4v) is 5.18. The lowest BCUT2D eigenvalue weighted by atomic mass is 10.0. The van der Waals surface area contributed by atoms with Gasteiger partial charge in [-0.05, 0) is 50.3 Å². The molecule has 3 N–H and O–H groups in total. The van der Waals surface area contributed by atoms with Gasteiger partial charge in [-0.15, -0.1) is 5.10 Å². The lowest BCUT2D eigenvalue weighted by Gasteiger charge is -2.35. The number of hydrogen-bond acceptors (Lipinski definition) is 9. The van der Waals surface area contributed by atoms with Gasteiger partial charge in [-0.3, -0.25) is 14.5 Å². The summed E-state index contributed by atoms with van der Waals surface area (Å²) in [7, 11) is 1.96. The molecule has 3 aromatic rings. The first-order valence-corrected chi connectivity index (χ1v) is 14.5. The smallest absolute Gasteiger partial charge is 0.417 e. The third kappa shape index (κ3) is 7.87. The summed E-state index contributed by atoms with van der Waals surface area (Å²) in [6, 6.07) is 5.42. The standard InChI is InChI=1S/C29H34F4N8O4/c1-38-7-9-40(10-8-38)25-4-3-19(15-23(25)35-27(43)20-16-26(42)22(30)17-21(20)29(31,32)33)41-18-24(36-37-41)28(44)34-5-2-6-39-11-13-45-14-12-39/h3-4,15-18,42H,2,5-14H2,1H3,(H,34,44)(H,35,43). The Balaban J connectivity index is 1.36. The Morgan fingerprint density at radius 1 is 1.02 bits per heavy atom. The van der Waals surface area contributed by atoms with Crippen molar-refractivity contribution < 1.29 is 37.0 Å². The third-order valence-corrected chi connectivity index (χ3v) is 7.74. The Kier molecular flexibility index (Phi) is 9.84. The number of rotatable bonds is 9. The summed E-state index contributed by atoms with van der Waals surface area (Å²) in [5, 5.41) is 23.1. The van der Waals surface area contributed by atoms with E-state index in [0.29, 0.717) is 63.4 Å². The normalized spacial score (nSPS) is 16.5. The topological polar surface area (TPSA) is 128 Å². The number of halogens is 4. The SMILES string of the molecule is CN1CCN(c2ccc(-n3cc(C(=O)NCCCN4CCOCC4)nn3)cc2NC(=O)c2cc(O)c(F)cc2C(F)(F)F)CC1. The molecule has 1 aromatic heterocycles. The van der Waals surface area contributed by atoms with Gasteiger partial charge in [-0.2, -0.15) is 13.2 Å². The van der Waals surface area contributed by atoms with Crippen molar-refractivity contribution in [3.05, 3.63) is 59.2 Å². The zero-order chi connectivity index (χ0) is 32.1. The van der Waals surface area contributed by atoms with Crippen LogP contribution in [0.1, 0.15) is 32.8 Å². The zero-order valence-corrected chi connectivity index (χ0v) is 24.6. The highest BCUT2D eigenvalue weighted by atomic mass is 19.4. The van der Waals surface area contributed by atoms with Crippen LogP contribution >= 0.6 is 0 Å². The lowest BCUT2D eigenvalue weighted by molar-refractivity contribution is -0.138. The molecule has 2 amide bonds. The van der Waals surface area contributed by atoms with E-state index in [2.05, 4.69) is 30.7 Å². The number of ether oxygens (including phenoxy) is 1. The van der Waals surface area contributed by atoms with E-state index in [4.69, 9.17) is 4.74 Å². The zero-order valence-electron chi connectivity index (χ0n) is 24.6. The number of likely N-dealkylation sites (N-methyl/N-ethyl adjacent to an activating group) is 1. The first-order chi connectivity index (χ1) is 21.5. The summed E-state index contributed by atoms with van der Waals surface area (Å²) in [4.78, 5) is 32.3. The van der Waals surface area contributed by atoms with E-state index in [9.17, 15) is 32.3 Å². The van der Waals surface area contributed by atoms with Crippen LogP contribution in [0.3, 0.4) is 0 Å². The fourth-order valence-electron chi connectivity index (χ4n) is 5.18. The van der Waals surface area contributed by atoms with Crippen LogP contribution in [-0.4, -0.2) is 114 Å². The summed E-state index contributed by atoms with van der Waals surface area (Å²) in [6.07, 6.45) is -2.89. The van der Waals surface area contributed by atoms with Gasteiger partial charge in [0.25, 0.3) is 11.8 Å². The second-order valence-electron chi connectivity index (χ2n) is 10.9. The number of amides is 2. The van der Waals surface area contributed by atoms with Crippen molar-refractivity contribution in [1.82, 2.24) is 30.1 Å². The van der Waals surface area contributed by atoms with Gasteiger partial charge in [0.1, 0.15) is 0 Å². The summed E-state index contributed by atoms with van der Waals surface area (Å²) in [6.45, 7) is 6.97. The molecule has 0 aliphatic carbocycles. The molecule has 16 heteroatoms. The molecule has 2 saturated heterocycles. The second kappa shape index (κ2) is 13.8. The van der Waals surface area contributed by atoms with Gasteiger partial charge < -0.3 is 30.3 Å². The van der Waals surface area contributed by atoms with Crippen molar-refractivity contribution in [3.8, 4) is 11.4 Å². The maximum Gasteiger partial charge on any atom is 0.417 e. The van der Waals surface area contributed by atoms with Crippen LogP contribution in [0.25, 0.3) is 5.69 Å². The van der Waals surface area contributed by atoms with Crippen molar-refractivity contribution >= 4 is 23.2 Å². The van der Waals surface area contributed by atoms with E-state index in [-0.39, 0.29) is 17.4 Å². The summed E-state index contributed by atoms with van der Waals surface area (Å²) < 4.78 is 61.6. The minimum Gasteiger partial charge on any atom is -0.505 e. The van der Waals surface area contributed by atoms with E-state index in [1.165, 1.54) is 16.9 Å². The molecule has 2 aromatic carbocycles. The molecule has 2 aliphatic rings. The number of aromatic nitrogens is 3. The van der Waals surface area contributed by atoms with Crippen LogP contribution in [0, 0.1) is 5.82 Å². The largest absolute Gasteiger partial charge is 0.505 e. The predicted molar refractivity (Wildman–Crippen MR) is 156 cm³/mol. The molecule has 5 rings (SSSR count). The van der Waals surface area contributed by atoms with Crippen molar-refractivity contribution in [2.24, 2.45) is 0 Å². The van der Waals surface area contributed by atoms with Gasteiger partial charge in [0, 0.05) is 45.8 Å². The van der Waals surface area contributed by atoms with Crippen LogP contribution < -0.4 is 15.5 Å². The number of hydrogen-bond donors (Lipinski definition) is 3. The monoisotopic (exact) mass is 634 g/mol. The average Bonchev–Trinajstić information content (AvgIpc) is 3.51. The molecule has 2 aliphatic heterocycles. The Morgan fingerprint density at radius 3 is 2.47 bits per heavy atom. The molecule has 0 atom stereocenters. The fraction of sp³-hybridized carbons (Fsp3) is 0.448. The van der Waals surface area contributed by atoms with E-state index in [0.717, 1.165) is 26.1 Å². The Labute approximate surface area is 256 Å². The van der Waals surface area contributed by atoms with Crippen LogP contribution in [0.4, 0.5) is 28.9 Å². The molecule has 3 heterocycles. The first-order valence-electron chi connectivity index (χ1n) is 14.5. The van der Waals surface area contributed by atoms with Crippen molar-refractivity contribution in [3.63, 3.8) is 0 Å². The van der Waals surface area contributed by atoms with Gasteiger partial charge in [-0.1, -0.05) is 5.21 Å². The number of phenolic OH excluding ortho intramolecular Hbond substituents is 1. The van der Waals surface area contributed by atoms with Gasteiger partial charge >= 0.3 is 6.18 Å². The van der Waals surface area contributed by atoms with Gasteiger partial charge in [0.2, 0.25) is 0 Å². The summed E-state index contributed by atoms with van der Waals surface area (Å²) in [5.41, 5.74) is -1.33. The number of phenols is 1. The number of benzene rings is 2. The number of carbonyl (C=O) groups is 2. The van der Waals surface area contributed by atoms with E-state index >= 15 is 0 Å². The highest BCUT2D eigenvalue weighted by Crippen LogP contribution is 2.36. The van der Waals surface area contributed by atoms with E-state index in [1.807, 2.05) is 11.9 Å². The van der Waals surface area contributed by atoms with E-state index < -0.39 is 40.7 Å². The lowest BCUT2D eigenvalue weighted by Crippen LogP contribution is -2.44. The summed E-state index contributed by atoms with van der Waals surface area (Å²) >= 11 is 0. The molecule has 242 valence electrons. The molecular weight excluding hydrogens is 600 g/mol. The number of nitrogens with zero attached hydrogens (tertiary/aromatic N) is 6. The molecule has 12 nitrogen and oxygen atoms in total. The molecule has 0 radical (unpaired) electrons. The minimum atomic E-state index is -5.05. The number of nitrogens with one attached hydrogen (secondary N) is 2. The van der Waals surface area contributed by atoms with Gasteiger partial charge in [0.15, 0.2) is 17.3 Å². The molecule has 0 spiro atoms. The predicted octanol–water partition coefficient (Wildman–Crippen LogP) is 2.59. The van der Waals surface area contributed by atoms with Crippen molar-refractivity contribution in [1.29, 1.82) is 0 Å². The second-order valence-corrected chi connectivity index (χ2v) is 10.9. The quantitative estimate of drug-likeness (QED) is 0.241. The van der Waals surface area contributed by atoms with Crippen molar-refractivity contribution in [2.45, 2.75) is 12.6 Å². The molecule has 0 unspecified atom stereocenters. The molecule has 2 fully saturated rings. The maximum atomic E-state index is 13.8. The van der Waals surface area contributed by atoms with Crippen molar-refractivity contribution in [2.75, 3.05) is 82.8 Å².